The van der Waals surface area contributed by atoms with Gasteiger partial charge in [0.15, 0.2) is 0 Å². The van der Waals surface area contributed by atoms with Gasteiger partial charge in [-0.2, -0.15) is 0 Å². The molecule has 0 bridgehead atoms. The van der Waals surface area contributed by atoms with E-state index in [-0.39, 0.29) is 18.5 Å². The molecule has 80 valence electrons. The number of rotatable bonds is 4. The van der Waals surface area contributed by atoms with E-state index < -0.39 is 0 Å². The van der Waals surface area contributed by atoms with Crippen molar-refractivity contribution in [3.8, 4) is 5.75 Å². The molecule has 1 aromatic carbocycles. The molecule has 0 saturated heterocycles. The Labute approximate surface area is 91.0 Å². The molecular weight excluding hydrogens is 200 g/mol. The normalized spacial score (nSPS) is 9.71. The third-order valence-electron chi connectivity index (χ3n) is 1.60. The number of nitrogens with one attached hydrogen (secondary N) is 1. The zero-order valence-electron chi connectivity index (χ0n) is 8.49. The van der Waals surface area contributed by atoms with Crippen LogP contribution in [0.4, 0.5) is 0 Å². The summed E-state index contributed by atoms with van der Waals surface area (Å²) >= 11 is 0. The van der Waals surface area contributed by atoms with Crippen LogP contribution in [-0.2, 0) is 6.54 Å². The van der Waals surface area contributed by atoms with Crippen molar-refractivity contribution in [2.24, 2.45) is 5.84 Å². The molecule has 1 aromatic rings. The highest BCUT2D eigenvalue weighted by molar-refractivity contribution is 5.85. The van der Waals surface area contributed by atoms with Gasteiger partial charge in [-0.25, -0.2) is 0 Å². The maximum Gasteiger partial charge on any atom is 0.119 e. The molecule has 0 radical (unpaired) electrons. The summed E-state index contributed by atoms with van der Waals surface area (Å²) < 4.78 is 5.50. The second kappa shape index (κ2) is 6.65. The smallest absolute Gasteiger partial charge is 0.119 e. The summed E-state index contributed by atoms with van der Waals surface area (Å²) in [6, 6.07) is 7.90. The van der Waals surface area contributed by atoms with Crippen LogP contribution in [0, 0.1) is 0 Å². The number of nitrogens with two attached hydrogens (primary N) is 1. The molecule has 0 aliphatic carbocycles. The molecule has 0 heterocycles. The Morgan fingerprint density at radius 3 is 2.29 bits per heavy atom. The third-order valence-corrected chi connectivity index (χ3v) is 1.60. The fraction of sp³-hybridized carbons (Fsp3) is 0.400. The summed E-state index contributed by atoms with van der Waals surface area (Å²) in [7, 11) is 0. The minimum atomic E-state index is 0. The molecule has 4 heteroatoms. The van der Waals surface area contributed by atoms with Crippen molar-refractivity contribution in [3.63, 3.8) is 0 Å². The van der Waals surface area contributed by atoms with E-state index in [0.29, 0.717) is 6.54 Å². The van der Waals surface area contributed by atoms with Gasteiger partial charge in [-0.15, -0.1) is 12.4 Å². The average Bonchev–Trinajstić information content (AvgIpc) is 2.08. The largest absolute Gasteiger partial charge is 0.491 e. The van der Waals surface area contributed by atoms with E-state index >= 15 is 0 Å². The topological polar surface area (TPSA) is 47.3 Å². The van der Waals surface area contributed by atoms with Crippen LogP contribution < -0.4 is 16.0 Å². The predicted octanol–water partition coefficient (Wildman–Crippen LogP) is 1.86. The summed E-state index contributed by atoms with van der Waals surface area (Å²) in [5, 5.41) is 0. The highest BCUT2D eigenvalue weighted by atomic mass is 35.5. The number of hydrogen-bond acceptors (Lipinski definition) is 3. The van der Waals surface area contributed by atoms with Crippen molar-refractivity contribution in [2.75, 3.05) is 0 Å². The highest BCUT2D eigenvalue weighted by Gasteiger charge is 1.96. The molecule has 0 amide bonds. The first-order valence-electron chi connectivity index (χ1n) is 4.41. The van der Waals surface area contributed by atoms with Crippen molar-refractivity contribution >= 4 is 12.4 Å². The Balaban J connectivity index is 0.00000169. The number of hydrogen-bond donors (Lipinski definition) is 2. The van der Waals surface area contributed by atoms with Crippen molar-refractivity contribution in [3.05, 3.63) is 29.8 Å². The first kappa shape index (κ1) is 13.2. The molecule has 1 rings (SSSR count). The van der Waals surface area contributed by atoms with Gasteiger partial charge in [-0.3, -0.25) is 11.3 Å². The van der Waals surface area contributed by atoms with Crippen molar-refractivity contribution in [1.82, 2.24) is 5.43 Å². The molecule has 0 spiro atoms. The quantitative estimate of drug-likeness (QED) is 0.597. The van der Waals surface area contributed by atoms with Crippen LogP contribution in [0.2, 0.25) is 0 Å². The van der Waals surface area contributed by atoms with Gasteiger partial charge < -0.3 is 4.74 Å². The predicted molar refractivity (Wildman–Crippen MR) is 60.5 cm³/mol. The number of hydrazine groups is 1. The van der Waals surface area contributed by atoms with Crippen LogP contribution in [0.25, 0.3) is 0 Å². The van der Waals surface area contributed by atoms with Crippen LogP contribution in [-0.4, -0.2) is 6.10 Å². The molecule has 3 nitrogen and oxygen atoms in total. The van der Waals surface area contributed by atoms with Gasteiger partial charge in [0, 0.05) is 6.54 Å². The molecule has 0 saturated carbocycles. The minimum Gasteiger partial charge on any atom is -0.491 e. The maximum absolute atomic E-state index is 5.50. The first-order chi connectivity index (χ1) is 6.22. The van der Waals surface area contributed by atoms with Crippen LogP contribution in [0.5, 0.6) is 5.75 Å². The van der Waals surface area contributed by atoms with Gasteiger partial charge in [0.2, 0.25) is 0 Å². The number of benzene rings is 1. The number of halogens is 1. The van der Waals surface area contributed by atoms with E-state index in [9.17, 15) is 0 Å². The molecular formula is C10H17ClN2O. The Morgan fingerprint density at radius 2 is 1.86 bits per heavy atom. The second-order valence-electron chi connectivity index (χ2n) is 3.19. The molecule has 0 unspecified atom stereocenters. The molecule has 0 aliphatic heterocycles. The summed E-state index contributed by atoms with van der Waals surface area (Å²) in [4.78, 5) is 0. The van der Waals surface area contributed by atoms with Crippen molar-refractivity contribution in [2.45, 2.75) is 26.5 Å². The van der Waals surface area contributed by atoms with E-state index in [0.717, 1.165) is 11.3 Å². The van der Waals surface area contributed by atoms with Gasteiger partial charge in [0.25, 0.3) is 0 Å². The molecule has 3 N–H and O–H groups in total. The summed E-state index contributed by atoms with van der Waals surface area (Å²) in [6.45, 7) is 4.70. The zero-order valence-corrected chi connectivity index (χ0v) is 9.30. The Kier molecular flexibility index (Phi) is 6.28. The lowest BCUT2D eigenvalue weighted by Crippen LogP contribution is -2.20. The van der Waals surface area contributed by atoms with Crippen molar-refractivity contribution < 1.29 is 4.74 Å². The average molecular weight is 217 g/mol. The van der Waals surface area contributed by atoms with E-state index in [1.807, 2.05) is 38.1 Å². The van der Waals surface area contributed by atoms with E-state index in [4.69, 9.17) is 10.6 Å². The lowest BCUT2D eigenvalue weighted by molar-refractivity contribution is 0.242. The molecule has 14 heavy (non-hydrogen) atoms. The maximum atomic E-state index is 5.50. The monoisotopic (exact) mass is 216 g/mol. The van der Waals surface area contributed by atoms with Crippen LogP contribution in [0.15, 0.2) is 24.3 Å². The van der Waals surface area contributed by atoms with E-state index in [2.05, 4.69) is 5.43 Å². The van der Waals surface area contributed by atoms with Crippen LogP contribution in [0.3, 0.4) is 0 Å². The van der Waals surface area contributed by atoms with Gasteiger partial charge in [0.1, 0.15) is 5.75 Å². The van der Waals surface area contributed by atoms with Gasteiger partial charge in [-0.1, -0.05) is 12.1 Å². The van der Waals surface area contributed by atoms with Crippen LogP contribution in [0.1, 0.15) is 19.4 Å². The summed E-state index contributed by atoms with van der Waals surface area (Å²) in [5.41, 5.74) is 3.75. The summed E-state index contributed by atoms with van der Waals surface area (Å²) in [5.74, 6) is 6.10. The summed E-state index contributed by atoms with van der Waals surface area (Å²) in [6.07, 6.45) is 0.221. The fourth-order valence-corrected chi connectivity index (χ4v) is 1.08. The first-order valence-corrected chi connectivity index (χ1v) is 4.41. The van der Waals surface area contributed by atoms with Gasteiger partial charge in [-0.05, 0) is 31.5 Å². The highest BCUT2D eigenvalue weighted by Crippen LogP contribution is 2.13. The van der Waals surface area contributed by atoms with Crippen LogP contribution >= 0.6 is 12.4 Å². The Hall–Kier alpha value is -0.770. The SMILES string of the molecule is CC(C)Oc1ccc(CNN)cc1.Cl. The fourth-order valence-electron chi connectivity index (χ4n) is 1.08. The molecule has 0 atom stereocenters. The molecule has 0 fully saturated rings. The Morgan fingerprint density at radius 1 is 1.29 bits per heavy atom. The van der Waals surface area contributed by atoms with Crippen molar-refractivity contribution in [1.29, 1.82) is 0 Å². The Bertz CT molecular complexity index is 249. The van der Waals surface area contributed by atoms with Gasteiger partial charge >= 0.3 is 0 Å². The molecule has 0 aliphatic rings. The number of ether oxygens (including phenoxy) is 1. The molecule has 0 aromatic heterocycles. The van der Waals surface area contributed by atoms with E-state index in [1.165, 1.54) is 0 Å². The third kappa shape index (κ3) is 4.46. The lowest BCUT2D eigenvalue weighted by atomic mass is 10.2. The zero-order chi connectivity index (χ0) is 9.68. The lowest BCUT2D eigenvalue weighted by Gasteiger charge is -2.09. The van der Waals surface area contributed by atoms with Gasteiger partial charge in [0.05, 0.1) is 6.10 Å². The minimum absolute atomic E-state index is 0. The second-order valence-corrected chi connectivity index (χ2v) is 3.19. The van der Waals surface area contributed by atoms with E-state index in [1.54, 1.807) is 0 Å². The standard InChI is InChI=1S/C10H16N2O.ClH/c1-8(2)13-10-5-3-9(4-6-10)7-12-11;/h3-6,8,12H,7,11H2,1-2H3;1H.